The summed E-state index contributed by atoms with van der Waals surface area (Å²) in [6.07, 6.45) is 8.06. The van der Waals surface area contributed by atoms with E-state index in [-0.39, 0.29) is 0 Å². The molecule has 1 fully saturated rings. The van der Waals surface area contributed by atoms with Gasteiger partial charge in [-0.2, -0.15) is 5.10 Å². The highest BCUT2D eigenvalue weighted by molar-refractivity contribution is 7.26. The molecule has 168 valence electrons. The van der Waals surface area contributed by atoms with Crippen LogP contribution in [0.2, 0.25) is 0 Å². The molecule has 0 saturated carbocycles. The number of rotatable bonds is 3. The number of hydrogen-bond acceptors (Lipinski definition) is 6. The lowest BCUT2D eigenvalue weighted by Gasteiger charge is -2.22. The van der Waals surface area contributed by atoms with Gasteiger partial charge in [0.2, 0.25) is 0 Å². The minimum Gasteiger partial charge on any atom is -0.452 e. The van der Waals surface area contributed by atoms with Gasteiger partial charge in [-0.3, -0.25) is 4.68 Å². The Balaban J connectivity index is 1.37. The maximum atomic E-state index is 6.36. The van der Waals surface area contributed by atoms with Crippen molar-refractivity contribution in [2.75, 3.05) is 18.8 Å². The molecule has 2 aromatic carbocycles. The number of pyridine rings is 1. The zero-order valence-electron chi connectivity index (χ0n) is 18.5. The van der Waals surface area contributed by atoms with Crippen LogP contribution >= 0.6 is 11.3 Å². The normalized spacial score (nSPS) is 15.1. The van der Waals surface area contributed by atoms with E-state index in [0.29, 0.717) is 17.4 Å². The number of piperidine rings is 1. The van der Waals surface area contributed by atoms with Crippen molar-refractivity contribution >= 4 is 48.3 Å². The van der Waals surface area contributed by atoms with Gasteiger partial charge < -0.3 is 15.5 Å². The van der Waals surface area contributed by atoms with Gasteiger partial charge in [-0.05, 0) is 44.1 Å². The number of benzene rings is 2. The van der Waals surface area contributed by atoms with Gasteiger partial charge >= 0.3 is 0 Å². The first-order valence-electron chi connectivity index (χ1n) is 11.6. The van der Waals surface area contributed by atoms with E-state index in [0.717, 1.165) is 53.8 Å². The Morgan fingerprint density at radius 1 is 0.971 bits per heavy atom. The van der Waals surface area contributed by atoms with Crippen LogP contribution in [-0.4, -0.2) is 27.9 Å². The van der Waals surface area contributed by atoms with Gasteiger partial charge in [-0.15, -0.1) is 11.3 Å². The van der Waals surface area contributed by atoms with Crippen molar-refractivity contribution < 1.29 is 4.42 Å². The Labute approximate surface area is 200 Å². The van der Waals surface area contributed by atoms with E-state index in [9.17, 15) is 0 Å². The molecule has 3 N–H and O–H groups in total. The summed E-state index contributed by atoms with van der Waals surface area (Å²) in [5.41, 5.74) is 9.98. The van der Waals surface area contributed by atoms with Crippen LogP contribution in [0.25, 0.3) is 53.6 Å². The van der Waals surface area contributed by atoms with Crippen molar-refractivity contribution in [3.05, 3.63) is 67.1 Å². The fourth-order valence-corrected chi connectivity index (χ4v) is 6.32. The van der Waals surface area contributed by atoms with E-state index in [4.69, 9.17) is 10.2 Å². The number of thiophene rings is 1. The molecule has 1 aliphatic rings. The molecule has 0 aliphatic carbocycles. The summed E-state index contributed by atoms with van der Waals surface area (Å²) >= 11 is 1.79. The summed E-state index contributed by atoms with van der Waals surface area (Å²) in [6.45, 7) is 2.06. The average molecular weight is 466 g/mol. The molecule has 6 nitrogen and oxygen atoms in total. The Morgan fingerprint density at radius 3 is 2.74 bits per heavy atom. The van der Waals surface area contributed by atoms with Crippen LogP contribution in [-0.2, 0) is 0 Å². The van der Waals surface area contributed by atoms with E-state index in [1.807, 2.05) is 12.4 Å². The number of nitrogens with zero attached hydrogens (tertiary/aromatic N) is 3. The van der Waals surface area contributed by atoms with Crippen LogP contribution in [0, 0.1) is 0 Å². The monoisotopic (exact) mass is 465 g/mol. The number of fused-ring (bicyclic) bond motifs is 4. The molecule has 0 radical (unpaired) electrons. The van der Waals surface area contributed by atoms with Gasteiger partial charge in [0.15, 0.2) is 11.4 Å². The van der Waals surface area contributed by atoms with Crippen molar-refractivity contribution in [2.45, 2.75) is 18.9 Å². The third kappa shape index (κ3) is 3.04. The highest BCUT2D eigenvalue weighted by atomic mass is 32.1. The maximum absolute atomic E-state index is 6.36. The number of aromatic nitrogens is 3. The van der Waals surface area contributed by atoms with E-state index in [2.05, 4.69) is 74.8 Å². The Morgan fingerprint density at radius 2 is 1.82 bits per heavy atom. The van der Waals surface area contributed by atoms with Gasteiger partial charge in [-0.1, -0.05) is 30.3 Å². The molecule has 4 aromatic heterocycles. The second-order valence-corrected chi connectivity index (χ2v) is 9.93. The average Bonchev–Trinajstić information content (AvgIpc) is 3.62. The largest absolute Gasteiger partial charge is 0.452 e. The van der Waals surface area contributed by atoms with Gasteiger partial charge in [-0.25, -0.2) is 4.98 Å². The number of nitrogen functional groups attached to an aromatic ring is 1. The molecular formula is C27H23N5OS. The lowest BCUT2D eigenvalue weighted by Crippen LogP contribution is -2.29. The quantitative estimate of drug-likeness (QED) is 0.324. The number of hydrogen-bond donors (Lipinski definition) is 2. The van der Waals surface area contributed by atoms with E-state index in [1.54, 1.807) is 11.3 Å². The van der Waals surface area contributed by atoms with Crippen LogP contribution in [0.1, 0.15) is 18.9 Å². The predicted molar refractivity (Wildman–Crippen MR) is 139 cm³/mol. The summed E-state index contributed by atoms with van der Waals surface area (Å²) in [5, 5.41) is 11.6. The Hall–Kier alpha value is -3.68. The molecule has 0 amide bonds. The molecule has 7 rings (SSSR count). The van der Waals surface area contributed by atoms with Crippen molar-refractivity contribution in [1.29, 1.82) is 0 Å². The fraction of sp³-hybridized carbons (Fsp3) is 0.185. The third-order valence-electron chi connectivity index (χ3n) is 6.85. The SMILES string of the molecule is Nc1ncc(-c2cnn(C3CCNCC3)c2)c2cc(-c3cccc4c3sc3ccccc34)oc12. The van der Waals surface area contributed by atoms with E-state index < -0.39 is 0 Å². The standard InChI is InChI=1S/C27H23N5OS/c28-27-25-21(22(14-30-27)16-13-31-32(15-16)17-8-10-29-11-9-17)12-23(33-25)20-6-3-5-19-18-4-1-2-7-24(18)34-26(19)20/h1-7,12-15,17,29H,8-11H2,(H2,28,30). The molecule has 0 spiro atoms. The van der Waals surface area contributed by atoms with Crippen LogP contribution in [0.4, 0.5) is 5.82 Å². The predicted octanol–water partition coefficient (Wildman–Crippen LogP) is 6.23. The minimum absolute atomic E-state index is 0.402. The Kier molecular flexibility index (Phi) is 4.47. The smallest absolute Gasteiger partial charge is 0.177 e. The van der Waals surface area contributed by atoms with Crippen LogP contribution in [0.3, 0.4) is 0 Å². The summed E-state index contributed by atoms with van der Waals surface area (Å²) in [5.74, 6) is 1.21. The zero-order valence-corrected chi connectivity index (χ0v) is 19.3. The number of anilines is 1. The molecule has 1 aliphatic heterocycles. The molecule has 1 saturated heterocycles. The number of nitrogens with one attached hydrogen (secondary N) is 1. The first-order valence-corrected chi connectivity index (χ1v) is 12.4. The molecule has 34 heavy (non-hydrogen) atoms. The van der Waals surface area contributed by atoms with Crippen molar-refractivity contribution in [3.8, 4) is 22.5 Å². The molecule has 5 heterocycles. The molecule has 0 atom stereocenters. The highest BCUT2D eigenvalue weighted by Gasteiger charge is 2.20. The second kappa shape index (κ2) is 7.68. The summed E-state index contributed by atoms with van der Waals surface area (Å²) in [6, 6.07) is 17.4. The maximum Gasteiger partial charge on any atom is 0.177 e. The summed E-state index contributed by atoms with van der Waals surface area (Å²) < 4.78 is 10.9. The molecule has 6 aromatic rings. The number of nitrogens with two attached hydrogens (primary N) is 1. The van der Waals surface area contributed by atoms with Gasteiger partial charge in [0.1, 0.15) is 5.76 Å². The highest BCUT2D eigenvalue weighted by Crippen LogP contribution is 2.43. The molecule has 0 bridgehead atoms. The first-order chi connectivity index (χ1) is 16.8. The zero-order chi connectivity index (χ0) is 22.6. The lowest BCUT2D eigenvalue weighted by atomic mass is 10.0. The van der Waals surface area contributed by atoms with Gasteiger partial charge in [0, 0.05) is 54.6 Å². The lowest BCUT2D eigenvalue weighted by molar-refractivity contribution is 0.343. The van der Waals surface area contributed by atoms with Crippen molar-refractivity contribution in [1.82, 2.24) is 20.1 Å². The van der Waals surface area contributed by atoms with Crippen LogP contribution in [0.15, 0.2) is 71.5 Å². The first kappa shape index (κ1) is 19.8. The molecule has 7 heteroatoms. The van der Waals surface area contributed by atoms with E-state index >= 15 is 0 Å². The third-order valence-corrected chi connectivity index (χ3v) is 8.07. The van der Waals surface area contributed by atoms with Crippen molar-refractivity contribution in [3.63, 3.8) is 0 Å². The van der Waals surface area contributed by atoms with Gasteiger partial charge in [0.25, 0.3) is 0 Å². The number of furan rings is 1. The Bertz CT molecular complexity index is 1670. The van der Waals surface area contributed by atoms with Crippen LogP contribution in [0.5, 0.6) is 0 Å². The second-order valence-electron chi connectivity index (χ2n) is 8.88. The summed E-state index contributed by atoms with van der Waals surface area (Å²) in [4.78, 5) is 4.45. The summed E-state index contributed by atoms with van der Waals surface area (Å²) in [7, 11) is 0. The van der Waals surface area contributed by atoms with Crippen molar-refractivity contribution in [2.24, 2.45) is 0 Å². The topological polar surface area (TPSA) is 81.9 Å². The molecular weight excluding hydrogens is 442 g/mol. The van der Waals surface area contributed by atoms with Crippen LogP contribution < -0.4 is 11.1 Å². The fourth-order valence-electron chi connectivity index (χ4n) is 5.10. The van der Waals surface area contributed by atoms with E-state index in [1.165, 1.54) is 20.2 Å². The van der Waals surface area contributed by atoms with Gasteiger partial charge in [0.05, 0.1) is 12.2 Å². The minimum atomic E-state index is 0.402. The molecule has 0 unspecified atom stereocenters.